The van der Waals surface area contributed by atoms with Gasteiger partial charge < -0.3 is 38.3 Å². The minimum atomic E-state index is -1.11. The maximum atomic E-state index is 10.1. The summed E-state index contributed by atoms with van der Waals surface area (Å²) in [6.45, 7) is -0.278. The van der Waals surface area contributed by atoms with E-state index < -0.39 is 35.9 Å². The summed E-state index contributed by atoms with van der Waals surface area (Å²) >= 11 is 3.65. The van der Waals surface area contributed by atoms with Crippen molar-refractivity contribution in [3.8, 4) is 0 Å². The molecule has 0 spiro atoms. The Morgan fingerprint density at radius 3 is 1.45 bits per heavy atom. The smallest absolute Gasteiger partial charge is 0.321 e. The molecule has 0 heterocycles. The van der Waals surface area contributed by atoms with E-state index in [1.807, 2.05) is 0 Å². The van der Waals surface area contributed by atoms with Crippen LogP contribution in [0.4, 0.5) is 0 Å². The highest BCUT2D eigenvalue weighted by Crippen LogP contribution is 1.92. The van der Waals surface area contributed by atoms with Gasteiger partial charge in [0, 0.05) is 12.2 Å². The first-order chi connectivity index (χ1) is 9.99. The SMILES string of the molecule is NC(=O)CC[C@H](N)C(=O)O.NCC(=O)O.N[C@@H](CS)C(=O)O. The van der Waals surface area contributed by atoms with Crippen LogP contribution < -0.4 is 22.9 Å². The molecular formula is C10H22N4O7S. The van der Waals surface area contributed by atoms with E-state index in [1.54, 1.807) is 0 Å². The molecule has 0 aliphatic heterocycles. The summed E-state index contributed by atoms with van der Waals surface area (Å²) in [5.74, 6) is -3.42. The first kappa shape index (κ1) is 25.1. The minimum Gasteiger partial charge on any atom is -0.480 e. The van der Waals surface area contributed by atoms with E-state index in [-0.39, 0.29) is 25.1 Å². The van der Waals surface area contributed by atoms with Gasteiger partial charge in [-0.15, -0.1) is 0 Å². The Bertz CT molecular complexity index is 367. The maximum absolute atomic E-state index is 10.1. The molecule has 0 rings (SSSR count). The van der Waals surface area contributed by atoms with Gasteiger partial charge in [-0.1, -0.05) is 0 Å². The van der Waals surface area contributed by atoms with Crippen LogP contribution in [0.1, 0.15) is 12.8 Å². The van der Waals surface area contributed by atoms with Crippen molar-refractivity contribution < 1.29 is 34.5 Å². The van der Waals surface area contributed by atoms with Gasteiger partial charge in [-0.3, -0.25) is 19.2 Å². The number of hydrogen-bond acceptors (Lipinski definition) is 8. The number of carbonyl (C=O) groups excluding carboxylic acids is 1. The minimum absolute atomic E-state index is 0.0213. The Kier molecular flexibility index (Phi) is 17.7. The summed E-state index contributed by atoms with van der Waals surface area (Å²) in [5.41, 5.74) is 19.3. The topological polar surface area (TPSA) is 233 Å². The standard InChI is InChI=1S/C5H10N2O3.C3H7NO2S.C2H5NO2/c6-3(5(9)10)1-2-4(7)8;4-2(1-7)3(5)6;3-1-2(4)5/h3H,1-2,6H2,(H2,7,8)(H,9,10);2,7H,1,4H2,(H,5,6);1,3H2,(H,4,5)/t3-;2-;/m00./s1. The van der Waals surface area contributed by atoms with Crippen LogP contribution in [0.5, 0.6) is 0 Å². The average Bonchev–Trinajstić information content (AvgIpc) is 2.44. The molecule has 0 aliphatic rings. The van der Waals surface area contributed by atoms with Crippen molar-refractivity contribution in [1.29, 1.82) is 0 Å². The molecule has 22 heavy (non-hydrogen) atoms. The number of carboxylic acids is 3. The van der Waals surface area contributed by atoms with Gasteiger partial charge in [0.2, 0.25) is 5.91 Å². The van der Waals surface area contributed by atoms with E-state index in [0.29, 0.717) is 0 Å². The summed E-state index contributed by atoms with van der Waals surface area (Å²) in [5, 5.41) is 23.8. The lowest BCUT2D eigenvalue weighted by Crippen LogP contribution is -2.31. The molecule has 12 heteroatoms. The molecular weight excluding hydrogens is 320 g/mol. The zero-order chi connectivity index (χ0) is 18.3. The van der Waals surface area contributed by atoms with E-state index in [2.05, 4.69) is 18.4 Å². The van der Waals surface area contributed by atoms with Gasteiger partial charge in [0.15, 0.2) is 0 Å². The second-order valence-corrected chi connectivity index (χ2v) is 4.04. The van der Waals surface area contributed by atoms with Crippen LogP contribution in [-0.4, -0.2) is 63.5 Å². The normalized spacial score (nSPS) is 11.6. The lowest BCUT2D eigenvalue weighted by Gasteiger charge is -2.01. The predicted molar refractivity (Wildman–Crippen MR) is 80.2 cm³/mol. The highest BCUT2D eigenvalue weighted by atomic mass is 32.1. The fourth-order valence-electron chi connectivity index (χ4n) is 0.499. The quantitative estimate of drug-likeness (QED) is 0.218. The van der Waals surface area contributed by atoms with Gasteiger partial charge in [-0.25, -0.2) is 0 Å². The van der Waals surface area contributed by atoms with Crippen LogP contribution in [0, 0.1) is 0 Å². The molecule has 0 unspecified atom stereocenters. The predicted octanol–water partition coefficient (Wildman–Crippen LogP) is -2.98. The molecule has 0 aromatic rings. The third-order valence-electron chi connectivity index (χ3n) is 1.71. The number of primary amides is 1. The van der Waals surface area contributed by atoms with Crippen LogP contribution >= 0.6 is 12.6 Å². The van der Waals surface area contributed by atoms with Crippen molar-refractivity contribution in [2.24, 2.45) is 22.9 Å². The highest BCUT2D eigenvalue weighted by Gasteiger charge is 2.11. The van der Waals surface area contributed by atoms with Crippen molar-refractivity contribution in [2.75, 3.05) is 12.3 Å². The van der Waals surface area contributed by atoms with Gasteiger partial charge in [-0.2, -0.15) is 12.6 Å². The maximum Gasteiger partial charge on any atom is 0.321 e. The molecule has 0 saturated carbocycles. The van der Waals surface area contributed by atoms with Crippen molar-refractivity contribution in [1.82, 2.24) is 0 Å². The second-order valence-electron chi connectivity index (χ2n) is 3.67. The average molecular weight is 342 g/mol. The van der Waals surface area contributed by atoms with Gasteiger partial charge >= 0.3 is 17.9 Å². The van der Waals surface area contributed by atoms with E-state index in [1.165, 1.54) is 0 Å². The summed E-state index contributed by atoms with van der Waals surface area (Å²) in [6.07, 6.45) is 0.123. The Balaban J connectivity index is -0.000000263. The van der Waals surface area contributed by atoms with E-state index >= 15 is 0 Å². The number of nitrogens with two attached hydrogens (primary N) is 4. The Hall–Kier alpha value is -1.89. The first-order valence-electron chi connectivity index (χ1n) is 5.77. The van der Waals surface area contributed by atoms with Gasteiger partial charge in [0.1, 0.15) is 12.1 Å². The highest BCUT2D eigenvalue weighted by molar-refractivity contribution is 7.80. The number of thiol groups is 1. The van der Waals surface area contributed by atoms with Crippen molar-refractivity contribution in [3.05, 3.63) is 0 Å². The first-order valence-corrected chi connectivity index (χ1v) is 6.40. The van der Waals surface area contributed by atoms with Crippen LogP contribution in [-0.2, 0) is 19.2 Å². The fourth-order valence-corrected chi connectivity index (χ4v) is 0.656. The molecule has 130 valence electrons. The third kappa shape index (κ3) is 23.2. The van der Waals surface area contributed by atoms with Crippen molar-refractivity contribution in [3.63, 3.8) is 0 Å². The van der Waals surface area contributed by atoms with Crippen LogP contribution in [0.2, 0.25) is 0 Å². The molecule has 11 N–H and O–H groups in total. The molecule has 0 aromatic heterocycles. The summed E-state index contributed by atoms with van der Waals surface area (Å²) < 4.78 is 0. The van der Waals surface area contributed by atoms with Crippen molar-refractivity contribution >= 4 is 36.4 Å². The Morgan fingerprint density at radius 1 is 0.955 bits per heavy atom. The lowest BCUT2D eigenvalue weighted by molar-refractivity contribution is -0.139. The molecule has 0 aliphatic carbocycles. The summed E-state index contributed by atoms with van der Waals surface area (Å²) in [6, 6.07) is -1.80. The molecule has 0 fully saturated rings. The lowest BCUT2D eigenvalue weighted by atomic mass is 10.2. The zero-order valence-electron chi connectivity index (χ0n) is 11.7. The molecule has 0 aromatic carbocycles. The number of carboxylic acid groups (broad SMARTS) is 3. The summed E-state index contributed by atoms with van der Waals surface area (Å²) in [4.78, 5) is 39.1. The van der Waals surface area contributed by atoms with Crippen molar-refractivity contribution in [2.45, 2.75) is 24.9 Å². The number of carbonyl (C=O) groups is 4. The molecule has 0 radical (unpaired) electrons. The van der Waals surface area contributed by atoms with Crippen LogP contribution in [0.15, 0.2) is 0 Å². The van der Waals surface area contributed by atoms with E-state index in [4.69, 9.17) is 32.5 Å². The zero-order valence-corrected chi connectivity index (χ0v) is 12.6. The monoisotopic (exact) mass is 342 g/mol. The van der Waals surface area contributed by atoms with Crippen LogP contribution in [0.25, 0.3) is 0 Å². The second kappa shape index (κ2) is 15.5. The largest absolute Gasteiger partial charge is 0.480 e. The molecule has 2 atom stereocenters. The van der Waals surface area contributed by atoms with Gasteiger partial charge in [-0.05, 0) is 6.42 Å². The Morgan fingerprint density at radius 2 is 1.32 bits per heavy atom. The number of aliphatic carboxylic acids is 3. The molecule has 0 saturated heterocycles. The number of hydrogen-bond donors (Lipinski definition) is 8. The fraction of sp³-hybridized carbons (Fsp3) is 0.600. The third-order valence-corrected chi connectivity index (χ3v) is 2.10. The van der Waals surface area contributed by atoms with Gasteiger partial charge in [0.25, 0.3) is 0 Å². The number of amides is 1. The molecule has 0 bridgehead atoms. The van der Waals surface area contributed by atoms with Gasteiger partial charge in [0.05, 0.1) is 6.54 Å². The molecule has 11 nitrogen and oxygen atoms in total. The molecule has 1 amide bonds. The summed E-state index contributed by atoms with van der Waals surface area (Å²) in [7, 11) is 0. The van der Waals surface area contributed by atoms with Crippen LogP contribution in [0.3, 0.4) is 0 Å². The Labute approximate surface area is 132 Å². The number of rotatable bonds is 7. The van der Waals surface area contributed by atoms with E-state index in [9.17, 15) is 19.2 Å². The van der Waals surface area contributed by atoms with E-state index in [0.717, 1.165) is 0 Å².